The quantitative estimate of drug-likeness (QED) is 0.776. The molecule has 122 valence electrons. The maximum Gasteiger partial charge on any atom is 0.237 e. The lowest BCUT2D eigenvalue weighted by atomic mass is 9.99. The SMILES string of the molecule is CCC(C)C(N)C(=O)NCc1ccc(C)cc1OCC1CC1. The Kier molecular flexibility index (Phi) is 5.83. The molecular weight excluding hydrogens is 276 g/mol. The Labute approximate surface area is 133 Å². The average Bonchev–Trinajstić information content (AvgIpc) is 3.34. The molecule has 22 heavy (non-hydrogen) atoms. The summed E-state index contributed by atoms with van der Waals surface area (Å²) in [5.41, 5.74) is 8.14. The molecule has 0 aliphatic heterocycles. The van der Waals surface area contributed by atoms with Crippen molar-refractivity contribution >= 4 is 5.91 Å². The molecule has 1 saturated carbocycles. The van der Waals surface area contributed by atoms with Gasteiger partial charge in [-0.2, -0.15) is 0 Å². The molecule has 0 heterocycles. The van der Waals surface area contributed by atoms with Crippen LogP contribution in [0, 0.1) is 18.8 Å². The maximum atomic E-state index is 12.1. The highest BCUT2D eigenvalue weighted by Crippen LogP contribution is 2.30. The summed E-state index contributed by atoms with van der Waals surface area (Å²) in [6.07, 6.45) is 3.43. The summed E-state index contributed by atoms with van der Waals surface area (Å²) in [5, 5.41) is 2.93. The van der Waals surface area contributed by atoms with Crippen molar-refractivity contribution in [3.8, 4) is 5.75 Å². The Hall–Kier alpha value is -1.55. The van der Waals surface area contributed by atoms with Gasteiger partial charge < -0.3 is 15.8 Å². The molecule has 1 aromatic rings. The Morgan fingerprint density at radius 3 is 2.82 bits per heavy atom. The third-order valence-electron chi connectivity index (χ3n) is 4.41. The topological polar surface area (TPSA) is 64.4 Å². The van der Waals surface area contributed by atoms with E-state index >= 15 is 0 Å². The fraction of sp³-hybridized carbons (Fsp3) is 0.611. The minimum absolute atomic E-state index is 0.0944. The lowest BCUT2D eigenvalue weighted by Crippen LogP contribution is -2.44. The van der Waals surface area contributed by atoms with Crippen LogP contribution >= 0.6 is 0 Å². The molecule has 1 aliphatic rings. The van der Waals surface area contributed by atoms with Crippen LogP contribution in [-0.4, -0.2) is 18.6 Å². The number of carbonyl (C=O) groups excluding carboxylic acids is 1. The predicted octanol–water partition coefficient (Wildman–Crippen LogP) is 2.77. The van der Waals surface area contributed by atoms with Gasteiger partial charge in [0.05, 0.1) is 12.6 Å². The van der Waals surface area contributed by atoms with Crippen LogP contribution in [0.25, 0.3) is 0 Å². The monoisotopic (exact) mass is 304 g/mol. The van der Waals surface area contributed by atoms with E-state index in [2.05, 4.69) is 5.32 Å². The van der Waals surface area contributed by atoms with Gasteiger partial charge in [-0.15, -0.1) is 0 Å². The van der Waals surface area contributed by atoms with Gasteiger partial charge in [0.25, 0.3) is 0 Å². The standard InChI is InChI=1S/C18H28N2O2/c1-4-13(3)17(19)18(21)20-10-15-8-5-12(2)9-16(15)22-11-14-6-7-14/h5,8-9,13-14,17H,4,6-7,10-11,19H2,1-3H3,(H,20,21). The van der Waals surface area contributed by atoms with E-state index in [9.17, 15) is 4.79 Å². The second-order valence-electron chi connectivity index (χ2n) is 6.49. The zero-order valence-electron chi connectivity index (χ0n) is 13.9. The normalized spacial score (nSPS) is 16.9. The molecule has 4 heteroatoms. The first-order valence-electron chi connectivity index (χ1n) is 8.26. The van der Waals surface area contributed by atoms with Crippen molar-refractivity contribution in [3.63, 3.8) is 0 Å². The highest BCUT2D eigenvalue weighted by Gasteiger charge is 2.23. The number of aryl methyl sites for hydroxylation is 1. The average molecular weight is 304 g/mol. The molecule has 2 rings (SSSR count). The van der Waals surface area contributed by atoms with E-state index < -0.39 is 6.04 Å². The van der Waals surface area contributed by atoms with Gasteiger partial charge >= 0.3 is 0 Å². The summed E-state index contributed by atoms with van der Waals surface area (Å²) in [7, 11) is 0. The fourth-order valence-corrected chi connectivity index (χ4v) is 2.25. The Bertz CT molecular complexity index is 512. The lowest BCUT2D eigenvalue weighted by molar-refractivity contribution is -0.123. The smallest absolute Gasteiger partial charge is 0.237 e. The van der Waals surface area contributed by atoms with Crippen molar-refractivity contribution in [3.05, 3.63) is 29.3 Å². The first-order valence-corrected chi connectivity index (χ1v) is 8.26. The number of benzene rings is 1. The molecule has 0 aromatic heterocycles. The van der Waals surface area contributed by atoms with Gasteiger partial charge in [0.2, 0.25) is 5.91 Å². The van der Waals surface area contributed by atoms with E-state index in [-0.39, 0.29) is 11.8 Å². The number of hydrogen-bond acceptors (Lipinski definition) is 3. The van der Waals surface area contributed by atoms with Crippen LogP contribution in [0.15, 0.2) is 18.2 Å². The molecule has 0 bridgehead atoms. The van der Waals surface area contributed by atoms with Crippen molar-refractivity contribution < 1.29 is 9.53 Å². The van der Waals surface area contributed by atoms with Crippen LogP contribution in [0.1, 0.15) is 44.2 Å². The zero-order valence-corrected chi connectivity index (χ0v) is 13.9. The fourth-order valence-electron chi connectivity index (χ4n) is 2.25. The maximum absolute atomic E-state index is 12.1. The van der Waals surface area contributed by atoms with Crippen molar-refractivity contribution in [2.75, 3.05) is 6.61 Å². The number of rotatable bonds is 8. The molecule has 0 saturated heterocycles. The molecule has 2 unspecified atom stereocenters. The molecule has 0 radical (unpaired) electrons. The third kappa shape index (κ3) is 4.73. The highest BCUT2D eigenvalue weighted by atomic mass is 16.5. The summed E-state index contributed by atoms with van der Waals surface area (Å²) in [6, 6.07) is 5.65. The first-order chi connectivity index (χ1) is 10.5. The Morgan fingerprint density at radius 2 is 2.18 bits per heavy atom. The molecule has 1 fully saturated rings. The number of nitrogens with two attached hydrogens (primary N) is 1. The Morgan fingerprint density at radius 1 is 1.45 bits per heavy atom. The van der Waals surface area contributed by atoms with E-state index in [0.717, 1.165) is 29.9 Å². The Balaban J connectivity index is 1.94. The summed E-state index contributed by atoms with van der Waals surface area (Å²) in [4.78, 5) is 12.1. The summed E-state index contributed by atoms with van der Waals surface area (Å²) >= 11 is 0. The molecular formula is C18H28N2O2. The largest absolute Gasteiger partial charge is 0.493 e. The summed E-state index contributed by atoms with van der Waals surface area (Å²) in [6.45, 7) is 7.33. The number of ether oxygens (including phenoxy) is 1. The van der Waals surface area contributed by atoms with Gasteiger partial charge in [0.15, 0.2) is 0 Å². The van der Waals surface area contributed by atoms with Crippen LogP contribution in [0.2, 0.25) is 0 Å². The number of hydrogen-bond donors (Lipinski definition) is 2. The minimum Gasteiger partial charge on any atom is -0.493 e. The first kappa shape index (κ1) is 16.8. The highest BCUT2D eigenvalue weighted by molar-refractivity contribution is 5.81. The van der Waals surface area contributed by atoms with E-state index in [1.807, 2.05) is 39.0 Å². The van der Waals surface area contributed by atoms with Crippen molar-refractivity contribution in [1.29, 1.82) is 0 Å². The van der Waals surface area contributed by atoms with E-state index in [1.54, 1.807) is 0 Å². The van der Waals surface area contributed by atoms with E-state index in [1.165, 1.54) is 12.8 Å². The van der Waals surface area contributed by atoms with Gasteiger partial charge in [-0.1, -0.05) is 32.4 Å². The van der Waals surface area contributed by atoms with Crippen LogP contribution in [-0.2, 0) is 11.3 Å². The van der Waals surface area contributed by atoms with Crippen LogP contribution in [0.3, 0.4) is 0 Å². The van der Waals surface area contributed by atoms with Crippen molar-refractivity contribution in [1.82, 2.24) is 5.32 Å². The van der Waals surface area contributed by atoms with Gasteiger partial charge in [-0.25, -0.2) is 0 Å². The molecule has 1 aliphatic carbocycles. The van der Waals surface area contributed by atoms with Crippen LogP contribution in [0.4, 0.5) is 0 Å². The number of nitrogens with one attached hydrogen (secondary N) is 1. The molecule has 2 atom stereocenters. The van der Waals surface area contributed by atoms with Crippen LogP contribution in [0.5, 0.6) is 5.75 Å². The molecule has 3 N–H and O–H groups in total. The third-order valence-corrected chi connectivity index (χ3v) is 4.41. The van der Waals surface area contributed by atoms with Crippen molar-refractivity contribution in [2.24, 2.45) is 17.6 Å². The van der Waals surface area contributed by atoms with E-state index in [4.69, 9.17) is 10.5 Å². The molecule has 1 aromatic carbocycles. The summed E-state index contributed by atoms with van der Waals surface area (Å²) < 4.78 is 5.92. The zero-order chi connectivity index (χ0) is 16.1. The van der Waals surface area contributed by atoms with Gasteiger partial charge in [0, 0.05) is 12.1 Å². The number of carbonyl (C=O) groups is 1. The lowest BCUT2D eigenvalue weighted by Gasteiger charge is -2.18. The molecule has 4 nitrogen and oxygen atoms in total. The second-order valence-corrected chi connectivity index (χ2v) is 6.49. The van der Waals surface area contributed by atoms with E-state index in [0.29, 0.717) is 12.5 Å². The van der Waals surface area contributed by atoms with Gasteiger partial charge in [-0.3, -0.25) is 4.79 Å². The minimum atomic E-state index is -0.453. The van der Waals surface area contributed by atoms with Gasteiger partial charge in [-0.05, 0) is 43.2 Å². The molecule has 0 spiro atoms. The van der Waals surface area contributed by atoms with Crippen molar-refractivity contribution in [2.45, 2.75) is 52.6 Å². The summed E-state index contributed by atoms with van der Waals surface area (Å²) in [5.74, 6) is 1.68. The van der Waals surface area contributed by atoms with Gasteiger partial charge in [0.1, 0.15) is 5.75 Å². The predicted molar refractivity (Wildman–Crippen MR) is 88.7 cm³/mol. The number of amides is 1. The molecule has 1 amide bonds. The van der Waals surface area contributed by atoms with Crippen LogP contribution < -0.4 is 15.8 Å². The second kappa shape index (κ2) is 7.63.